The second kappa shape index (κ2) is 8.42. The average molecular weight is 326 g/mol. The lowest BCUT2D eigenvalue weighted by Crippen LogP contribution is -2.10. The Morgan fingerprint density at radius 2 is 1.96 bits per heavy atom. The topological polar surface area (TPSA) is 90.1 Å². The molecule has 0 atom stereocenters. The van der Waals surface area contributed by atoms with Crippen molar-refractivity contribution >= 4 is 5.97 Å². The molecular formula is C17H18N4O3. The molecule has 0 aliphatic heterocycles. The fraction of sp³-hybridized carbons (Fsp3) is 0.176. The summed E-state index contributed by atoms with van der Waals surface area (Å²) in [5.74, 6) is -0.884. The quantitative estimate of drug-likeness (QED) is 0.775. The Morgan fingerprint density at radius 3 is 2.58 bits per heavy atom. The highest BCUT2D eigenvalue weighted by Crippen LogP contribution is 2.17. The van der Waals surface area contributed by atoms with Crippen molar-refractivity contribution in [3.63, 3.8) is 0 Å². The van der Waals surface area contributed by atoms with Crippen LogP contribution in [0.3, 0.4) is 0 Å². The second-order valence-corrected chi connectivity index (χ2v) is 4.42. The van der Waals surface area contributed by atoms with Gasteiger partial charge in [0, 0.05) is 12.4 Å². The van der Waals surface area contributed by atoms with Gasteiger partial charge in [-0.1, -0.05) is 44.2 Å². The first-order chi connectivity index (χ1) is 11.7. The number of hydrogen-bond donors (Lipinski definition) is 1. The van der Waals surface area contributed by atoms with E-state index in [1.54, 1.807) is 18.5 Å². The van der Waals surface area contributed by atoms with E-state index in [0.29, 0.717) is 0 Å². The van der Waals surface area contributed by atoms with Crippen LogP contribution < -0.4 is 4.74 Å². The normalized spacial score (nSPS) is 9.75. The number of rotatable bonds is 5. The third-order valence-electron chi connectivity index (χ3n) is 2.90. The number of ether oxygens (including phenoxy) is 1. The van der Waals surface area contributed by atoms with Crippen LogP contribution in [0.1, 0.15) is 29.8 Å². The average Bonchev–Trinajstić information content (AvgIpc) is 3.17. The standard InChI is InChI=1S/C15H12N4O3.C2H6/c20-14(21)12-9-16-15(19-8-4-7-17-19)18-13(12)22-10-11-5-2-1-3-6-11;1-2/h1-9H,10H2,(H,20,21);1-2H3. The SMILES string of the molecule is CC.O=C(O)c1cnc(-n2cccn2)nc1OCc1ccccc1. The minimum absolute atomic E-state index is 0.0110. The minimum Gasteiger partial charge on any atom is -0.477 e. The van der Waals surface area contributed by atoms with Crippen LogP contribution in [-0.4, -0.2) is 30.8 Å². The van der Waals surface area contributed by atoms with Crippen LogP contribution in [0.15, 0.2) is 55.0 Å². The van der Waals surface area contributed by atoms with Crippen molar-refractivity contribution in [2.75, 3.05) is 0 Å². The van der Waals surface area contributed by atoms with E-state index in [-0.39, 0.29) is 24.0 Å². The van der Waals surface area contributed by atoms with Gasteiger partial charge < -0.3 is 9.84 Å². The minimum atomic E-state index is -1.14. The summed E-state index contributed by atoms with van der Waals surface area (Å²) >= 11 is 0. The zero-order chi connectivity index (χ0) is 17.4. The molecule has 1 N–H and O–H groups in total. The molecule has 124 valence electrons. The van der Waals surface area contributed by atoms with Gasteiger partial charge in [0.2, 0.25) is 5.88 Å². The van der Waals surface area contributed by atoms with Crippen molar-refractivity contribution < 1.29 is 14.6 Å². The number of nitrogens with zero attached hydrogens (tertiary/aromatic N) is 4. The van der Waals surface area contributed by atoms with Crippen molar-refractivity contribution in [3.05, 3.63) is 66.1 Å². The van der Waals surface area contributed by atoms with Gasteiger partial charge in [0.05, 0.1) is 6.20 Å². The summed E-state index contributed by atoms with van der Waals surface area (Å²) in [6.07, 6.45) is 4.46. The van der Waals surface area contributed by atoms with E-state index in [1.807, 2.05) is 44.2 Å². The molecule has 1 aromatic carbocycles. The van der Waals surface area contributed by atoms with E-state index in [0.717, 1.165) is 5.56 Å². The molecule has 0 radical (unpaired) electrons. The van der Waals surface area contributed by atoms with Gasteiger partial charge in [-0.2, -0.15) is 10.1 Å². The fourth-order valence-corrected chi connectivity index (χ4v) is 1.84. The van der Waals surface area contributed by atoms with E-state index < -0.39 is 5.97 Å². The molecule has 2 heterocycles. The highest BCUT2D eigenvalue weighted by molar-refractivity contribution is 5.89. The number of carboxylic acids is 1. The summed E-state index contributed by atoms with van der Waals surface area (Å²) in [6.45, 7) is 4.22. The summed E-state index contributed by atoms with van der Waals surface area (Å²) in [6, 6.07) is 11.1. The number of benzene rings is 1. The monoisotopic (exact) mass is 326 g/mol. The second-order valence-electron chi connectivity index (χ2n) is 4.42. The van der Waals surface area contributed by atoms with Gasteiger partial charge in [-0.05, 0) is 11.6 Å². The summed E-state index contributed by atoms with van der Waals surface area (Å²) in [4.78, 5) is 19.4. The first-order valence-corrected chi connectivity index (χ1v) is 7.51. The molecular weight excluding hydrogens is 308 g/mol. The molecule has 0 unspecified atom stereocenters. The first kappa shape index (κ1) is 17.1. The molecule has 3 rings (SSSR count). The van der Waals surface area contributed by atoms with E-state index >= 15 is 0 Å². The largest absolute Gasteiger partial charge is 0.477 e. The van der Waals surface area contributed by atoms with Crippen LogP contribution in [0.25, 0.3) is 5.95 Å². The van der Waals surface area contributed by atoms with E-state index in [9.17, 15) is 9.90 Å². The van der Waals surface area contributed by atoms with Crippen LogP contribution in [0, 0.1) is 0 Å². The van der Waals surface area contributed by atoms with Crippen LogP contribution in [0.4, 0.5) is 0 Å². The molecule has 0 spiro atoms. The Bertz CT molecular complexity index is 774. The van der Waals surface area contributed by atoms with Gasteiger partial charge in [-0.15, -0.1) is 0 Å². The highest BCUT2D eigenvalue weighted by Gasteiger charge is 2.16. The summed E-state index contributed by atoms with van der Waals surface area (Å²) in [7, 11) is 0. The number of carbonyl (C=O) groups is 1. The van der Waals surface area contributed by atoms with Gasteiger partial charge >= 0.3 is 5.97 Å². The van der Waals surface area contributed by atoms with E-state index in [4.69, 9.17) is 4.74 Å². The lowest BCUT2D eigenvalue weighted by molar-refractivity contribution is 0.0690. The van der Waals surface area contributed by atoms with Crippen molar-refractivity contribution in [2.45, 2.75) is 20.5 Å². The maximum absolute atomic E-state index is 11.2. The van der Waals surface area contributed by atoms with Crippen LogP contribution >= 0.6 is 0 Å². The molecule has 0 aliphatic rings. The predicted molar refractivity (Wildman–Crippen MR) is 88.2 cm³/mol. The summed E-state index contributed by atoms with van der Waals surface area (Å²) in [5.41, 5.74) is 0.824. The molecule has 0 saturated carbocycles. The molecule has 0 aliphatic carbocycles. The summed E-state index contributed by atoms with van der Waals surface area (Å²) in [5, 5.41) is 13.2. The Labute approximate surface area is 139 Å². The highest BCUT2D eigenvalue weighted by atomic mass is 16.5. The number of hydrogen-bond acceptors (Lipinski definition) is 5. The van der Waals surface area contributed by atoms with Gasteiger partial charge in [0.1, 0.15) is 12.2 Å². The maximum atomic E-state index is 11.2. The molecule has 7 heteroatoms. The Morgan fingerprint density at radius 1 is 1.21 bits per heavy atom. The molecule has 0 saturated heterocycles. The Balaban J connectivity index is 0.00000100. The maximum Gasteiger partial charge on any atom is 0.342 e. The van der Waals surface area contributed by atoms with Crippen molar-refractivity contribution in [3.8, 4) is 11.8 Å². The van der Waals surface area contributed by atoms with Gasteiger partial charge in [0.15, 0.2) is 0 Å². The fourth-order valence-electron chi connectivity index (χ4n) is 1.84. The third kappa shape index (κ3) is 4.16. The lowest BCUT2D eigenvalue weighted by Gasteiger charge is -2.09. The van der Waals surface area contributed by atoms with Crippen molar-refractivity contribution in [1.29, 1.82) is 0 Å². The van der Waals surface area contributed by atoms with Gasteiger partial charge in [-0.25, -0.2) is 14.5 Å². The third-order valence-corrected chi connectivity index (χ3v) is 2.90. The molecule has 24 heavy (non-hydrogen) atoms. The number of carboxylic acid groups (broad SMARTS) is 1. The molecule has 7 nitrogen and oxygen atoms in total. The van der Waals surface area contributed by atoms with Crippen LogP contribution in [-0.2, 0) is 6.61 Å². The molecule has 0 fully saturated rings. The zero-order valence-corrected chi connectivity index (χ0v) is 13.5. The first-order valence-electron chi connectivity index (χ1n) is 7.51. The van der Waals surface area contributed by atoms with E-state index in [1.165, 1.54) is 10.9 Å². The van der Waals surface area contributed by atoms with Crippen LogP contribution in [0.2, 0.25) is 0 Å². The van der Waals surface area contributed by atoms with Crippen LogP contribution in [0.5, 0.6) is 5.88 Å². The zero-order valence-electron chi connectivity index (χ0n) is 13.5. The predicted octanol–water partition coefficient (Wildman–Crippen LogP) is 2.97. The van der Waals surface area contributed by atoms with E-state index in [2.05, 4.69) is 15.1 Å². The van der Waals surface area contributed by atoms with Crippen molar-refractivity contribution in [2.24, 2.45) is 0 Å². The summed E-state index contributed by atoms with van der Waals surface area (Å²) < 4.78 is 6.98. The lowest BCUT2D eigenvalue weighted by atomic mass is 10.2. The smallest absolute Gasteiger partial charge is 0.342 e. The number of aromatic nitrogens is 4. The molecule has 2 aromatic heterocycles. The molecule has 0 amide bonds. The van der Waals surface area contributed by atoms with Gasteiger partial charge in [0.25, 0.3) is 5.95 Å². The van der Waals surface area contributed by atoms with Crippen molar-refractivity contribution in [1.82, 2.24) is 19.7 Å². The molecule has 0 bridgehead atoms. The Kier molecular flexibility index (Phi) is 6.01. The molecule has 3 aromatic rings. The Hall–Kier alpha value is -3.22. The number of aromatic carboxylic acids is 1. The van der Waals surface area contributed by atoms with Gasteiger partial charge in [-0.3, -0.25) is 0 Å².